The fraction of sp³-hybridized carbons (Fsp3) is 0.143. The third-order valence-electron chi connectivity index (χ3n) is 3.42. The lowest BCUT2D eigenvalue weighted by Gasteiger charge is -2.10. The standard InChI is InChI=1S/C14H12N2O7S/c1-9-7-12(15(17)18)14(24(21,22)23)13(16(19)20)11(9)8-10-5-3-2-4-6-10/h2-7H,8H2,1H3,(H,21,22,23). The molecular formula is C14H12N2O7S. The lowest BCUT2D eigenvalue weighted by molar-refractivity contribution is -0.400. The maximum absolute atomic E-state index is 11.5. The lowest BCUT2D eigenvalue weighted by atomic mass is 9.98. The number of hydrogen-bond donors (Lipinski definition) is 1. The predicted molar refractivity (Wildman–Crippen MR) is 83.6 cm³/mol. The summed E-state index contributed by atoms with van der Waals surface area (Å²) in [5, 5.41) is 22.5. The first kappa shape index (κ1) is 17.5. The summed E-state index contributed by atoms with van der Waals surface area (Å²) in [6, 6.07) is 9.41. The van der Waals surface area contributed by atoms with Crippen LogP contribution in [0.3, 0.4) is 0 Å². The van der Waals surface area contributed by atoms with E-state index in [0.29, 0.717) is 5.56 Å². The van der Waals surface area contributed by atoms with E-state index in [4.69, 9.17) is 0 Å². The SMILES string of the molecule is Cc1cc([N+](=O)[O-])c(S(=O)(=O)O)c([N+](=O)[O-])c1Cc1ccccc1. The van der Waals surface area contributed by atoms with E-state index < -0.39 is 36.2 Å². The van der Waals surface area contributed by atoms with Crippen molar-refractivity contribution in [2.45, 2.75) is 18.2 Å². The van der Waals surface area contributed by atoms with Gasteiger partial charge in [0.05, 0.1) is 9.85 Å². The van der Waals surface area contributed by atoms with Crippen LogP contribution in [0.5, 0.6) is 0 Å². The van der Waals surface area contributed by atoms with Crippen LogP contribution in [-0.2, 0) is 16.5 Å². The van der Waals surface area contributed by atoms with Crippen LogP contribution >= 0.6 is 0 Å². The van der Waals surface area contributed by atoms with Gasteiger partial charge < -0.3 is 0 Å². The largest absolute Gasteiger partial charge is 0.308 e. The van der Waals surface area contributed by atoms with Crippen LogP contribution in [0.4, 0.5) is 11.4 Å². The van der Waals surface area contributed by atoms with Crippen LogP contribution in [0.15, 0.2) is 41.3 Å². The quantitative estimate of drug-likeness (QED) is 0.495. The van der Waals surface area contributed by atoms with Gasteiger partial charge in [-0.25, -0.2) is 0 Å². The van der Waals surface area contributed by atoms with Gasteiger partial charge in [-0.1, -0.05) is 30.3 Å². The third-order valence-corrected chi connectivity index (χ3v) is 4.34. The minimum absolute atomic E-state index is 0.00979. The van der Waals surface area contributed by atoms with Crippen molar-refractivity contribution < 1.29 is 22.8 Å². The van der Waals surface area contributed by atoms with Gasteiger partial charge in [-0.15, -0.1) is 0 Å². The Bertz CT molecular complexity index is 924. The number of hydrogen-bond acceptors (Lipinski definition) is 6. The van der Waals surface area contributed by atoms with Gasteiger partial charge >= 0.3 is 15.8 Å². The van der Waals surface area contributed by atoms with Crippen molar-refractivity contribution in [2.24, 2.45) is 0 Å². The van der Waals surface area contributed by atoms with E-state index in [1.54, 1.807) is 30.3 Å². The first-order chi connectivity index (χ1) is 11.1. The van der Waals surface area contributed by atoms with Gasteiger partial charge in [0.15, 0.2) is 0 Å². The molecule has 0 aromatic heterocycles. The van der Waals surface area contributed by atoms with E-state index in [1.165, 1.54) is 6.92 Å². The smallest absolute Gasteiger partial charge is 0.281 e. The molecule has 0 radical (unpaired) electrons. The predicted octanol–water partition coefficient (Wildman–Crippen LogP) is 2.65. The van der Waals surface area contributed by atoms with Gasteiger partial charge in [0.2, 0.25) is 4.90 Å². The summed E-state index contributed by atoms with van der Waals surface area (Å²) in [4.78, 5) is 19.1. The van der Waals surface area contributed by atoms with E-state index in [-0.39, 0.29) is 17.5 Å². The average Bonchev–Trinajstić information content (AvgIpc) is 2.48. The Balaban J connectivity index is 2.85. The molecule has 0 saturated heterocycles. The van der Waals surface area contributed by atoms with Gasteiger partial charge in [-0.2, -0.15) is 8.42 Å². The first-order valence-corrected chi connectivity index (χ1v) is 8.03. The van der Waals surface area contributed by atoms with Gasteiger partial charge in [0, 0.05) is 18.1 Å². The van der Waals surface area contributed by atoms with Crippen molar-refractivity contribution in [3.05, 3.63) is 73.3 Å². The Kier molecular flexibility index (Phi) is 4.62. The van der Waals surface area contributed by atoms with E-state index in [2.05, 4.69) is 0 Å². The number of nitrogens with zero attached hydrogens (tertiary/aromatic N) is 2. The third kappa shape index (κ3) is 3.39. The maximum Gasteiger partial charge on any atom is 0.308 e. The van der Waals surface area contributed by atoms with Crippen LogP contribution in [0.1, 0.15) is 16.7 Å². The molecule has 0 fully saturated rings. The van der Waals surface area contributed by atoms with Crippen LogP contribution < -0.4 is 0 Å². The molecule has 0 aliphatic heterocycles. The molecule has 0 aliphatic carbocycles. The number of benzene rings is 2. The van der Waals surface area contributed by atoms with E-state index >= 15 is 0 Å². The molecule has 0 atom stereocenters. The molecule has 0 unspecified atom stereocenters. The first-order valence-electron chi connectivity index (χ1n) is 6.59. The van der Waals surface area contributed by atoms with E-state index in [1.807, 2.05) is 0 Å². The van der Waals surface area contributed by atoms with E-state index in [0.717, 1.165) is 6.07 Å². The van der Waals surface area contributed by atoms with Crippen molar-refractivity contribution >= 4 is 21.5 Å². The Labute approximate surface area is 136 Å². The molecule has 9 nitrogen and oxygen atoms in total. The zero-order chi connectivity index (χ0) is 18.1. The summed E-state index contributed by atoms with van der Waals surface area (Å²) in [5.74, 6) is 0. The molecule has 2 aromatic carbocycles. The Morgan fingerprint density at radius 1 is 1.08 bits per heavy atom. The highest BCUT2D eigenvalue weighted by atomic mass is 32.2. The fourth-order valence-corrected chi connectivity index (χ4v) is 3.25. The Morgan fingerprint density at radius 2 is 1.67 bits per heavy atom. The highest BCUT2D eigenvalue weighted by molar-refractivity contribution is 7.86. The minimum Gasteiger partial charge on any atom is -0.281 e. The molecule has 126 valence electrons. The van der Waals surface area contributed by atoms with Crippen LogP contribution in [0, 0.1) is 27.2 Å². The molecule has 10 heteroatoms. The van der Waals surface area contributed by atoms with Gasteiger partial charge in [0.1, 0.15) is 0 Å². The molecule has 0 heterocycles. The number of aryl methyl sites for hydroxylation is 1. The van der Waals surface area contributed by atoms with Crippen LogP contribution in [-0.4, -0.2) is 22.8 Å². The second-order valence-electron chi connectivity index (χ2n) is 5.02. The highest BCUT2D eigenvalue weighted by Gasteiger charge is 2.38. The van der Waals surface area contributed by atoms with Gasteiger partial charge in [0.25, 0.3) is 5.69 Å². The normalized spacial score (nSPS) is 11.2. The molecular weight excluding hydrogens is 340 g/mol. The monoisotopic (exact) mass is 352 g/mol. The van der Waals surface area contributed by atoms with Crippen molar-refractivity contribution in [1.29, 1.82) is 0 Å². The molecule has 0 amide bonds. The Morgan fingerprint density at radius 3 is 2.12 bits per heavy atom. The Hall–Kier alpha value is -2.85. The van der Waals surface area contributed by atoms with Gasteiger partial charge in [-0.05, 0) is 18.1 Å². The summed E-state index contributed by atoms with van der Waals surface area (Å²) in [6.07, 6.45) is -0.0104. The summed E-state index contributed by atoms with van der Waals surface area (Å²) in [5.41, 5.74) is -1.18. The molecule has 0 spiro atoms. The van der Waals surface area contributed by atoms with Crippen molar-refractivity contribution in [1.82, 2.24) is 0 Å². The molecule has 0 aliphatic rings. The summed E-state index contributed by atoms with van der Waals surface area (Å²) < 4.78 is 32.4. The highest BCUT2D eigenvalue weighted by Crippen LogP contribution is 2.38. The average molecular weight is 352 g/mol. The molecule has 0 bridgehead atoms. The summed E-state index contributed by atoms with van der Waals surface area (Å²) >= 11 is 0. The van der Waals surface area contributed by atoms with Crippen molar-refractivity contribution in [2.75, 3.05) is 0 Å². The summed E-state index contributed by atoms with van der Waals surface area (Å²) in [6.45, 7) is 1.41. The van der Waals surface area contributed by atoms with Crippen molar-refractivity contribution in [3.63, 3.8) is 0 Å². The molecule has 0 saturated carbocycles. The minimum atomic E-state index is -5.17. The van der Waals surface area contributed by atoms with Crippen LogP contribution in [0.25, 0.3) is 0 Å². The molecule has 2 rings (SSSR count). The zero-order valence-electron chi connectivity index (χ0n) is 12.4. The lowest BCUT2D eigenvalue weighted by Crippen LogP contribution is -2.11. The van der Waals surface area contributed by atoms with Crippen molar-refractivity contribution in [3.8, 4) is 0 Å². The topological polar surface area (TPSA) is 141 Å². The zero-order valence-corrected chi connectivity index (χ0v) is 13.2. The number of nitro groups is 2. The molecule has 1 N–H and O–H groups in total. The maximum atomic E-state index is 11.5. The number of nitro benzene ring substituents is 2. The second kappa shape index (κ2) is 6.34. The van der Waals surface area contributed by atoms with Crippen LogP contribution in [0.2, 0.25) is 0 Å². The molecule has 24 heavy (non-hydrogen) atoms. The number of rotatable bonds is 5. The second-order valence-corrected chi connectivity index (χ2v) is 6.38. The molecule has 2 aromatic rings. The van der Waals surface area contributed by atoms with Gasteiger partial charge in [-0.3, -0.25) is 24.8 Å². The summed E-state index contributed by atoms with van der Waals surface area (Å²) in [7, 11) is -5.17. The fourth-order valence-electron chi connectivity index (χ4n) is 2.41. The van der Waals surface area contributed by atoms with E-state index in [9.17, 15) is 33.2 Å².